The van der Waals surface area contributed by atoms with Gasteiger partial charge in [-0.3, -0.25) is 19.5 Å². The summed E-state index contributed by atoms with van der Waals surface area (Å²) in [5.74, 6) is -0.430. The van der Waals surface area contributed by atoms with E-state index in [4.69, 9.17) is 32.7 Å². The summed E-state index contributed by atoms with van der Waals surface area (Å²) >= 11 is 10.5. The molecule has 3 heterocycles. The molecule has 4 aromatic rings. The largest absolute Gasteiger partial charge is 0.294 e. The molecule has 0 amide bonds. The fourth-order valence-corrected chi connectivity index (χ4v) is 4.42. The lowest BCUT2D eigenvalue weighted by atomic mass is 9.76. The smallest absolute Gasteiger partial charge is 0.232 e. The average Bonchev–Trinajstić information content (AvgIpc) is 2.84. The summed E-state index contributed by atoms with van der Waals surface area (Å²) < 4.78 is 22.7. The predicted molar refractivity (Wildman–Crippen MR) is 130 cm³/mol. The van der Waals surface area contributed by atoms with E-state index in [0.717, 1.165) is 22.4 Å². The Bertz CT molecular complexity index is 1210. The minimum Gasteiger partial charge on any atom is -0.294 e. The number of rotatable bonds is 8. The lowest BCUT2D eigenvalue weighted by Gasteiger charge is -2.28. The second-order valence-electron chi connectivity index (χ2n) is 7.33. The van der Waals surface area contributed by atoms with Crippen LogP contribution in [0.25, 0.3) is 0 Å². The van der Waals surface area contributed by atoms with Gasteiger partial charge >= 0.3 is 0 Å². The van der Waals surface area contributed by atoms with Gasteiger partial charge in [0, 0.05) is 42.3 Å². The van der Waals surface area contributed by atoms with Crippen LogP contribution in [-0.2, 0) is 17.8 Å². The van der Waals surface area contributed by atoms with Crippen molar-refractivity contribution in [1.29, 1.82) is 0 Å². The number of hydrogen-bond donors (Lipinski definition) is 2. The van der Waals surface area contributed by atoms with Crippen molar-refractivity contribution in [2.24, 2.45) is 0 Å². The fourth-order valence-electron chi connectivity index (χ4n) is 3.84. The molecule has 0 bridgehead atoms. The lowest BCUT2D eigenvalue weighted by molar-refractivity contribution is 0.547. The molecule has 0 aliphatic rings. The van der Waals surface area contributed by atoms with Gasteiger partial charge in [-0.2, -0.15) is 0 Å². The van der Waals surface area contributed by atoms with Crippen molar-refractivity contribution in [3.63, 3.8) is 0 Å². The van der Waals surface area contributed by atoms with Gasteiger partial charge in [0.25, 0.3) is 0 Å². The highest BCUT2D eigenvalue weighted by molar-refractivity contribution is 7.77. The van der Waals surface area contributed by atoms with Gasteiger partial charge in [0.15, 0.2) is 0 Å². The highest BCUT2D eigenvalue weighted by atomic mass is 35.5. The summed E-state index contributed by atoms with van der Waals surface area (Å²) in [4.78, 5) is 13.5. The Kier molecular flexibility index (Phi) is 7.80. The Hall–Kier alpha value is -2.68. The van der Waals surface area contributed by atoms with E-state index in [-0.39, 0.29) is 18.4 Å². The summed E-state index contributed by atoms with van der Waals surface area (Å²) in [5, 5.41) is 0.915. The van der Waals surface area contributed by atoms with Crippen LogP contribution in [0.15, 0.2) is 85.5 Å². The van der Waals surface area contributed by atoms with Crippen LogP contribution in [0.2, 0.25) is 10.0 Å². The van der Waals surface area contributed by atoms with Crippen molar-refractivity contribution in [2.75, 3.05) is 0 Å². The van der Waals surface area contributed by atoms with Crippen LogP contribution in [0.5, 0.6) is 0 Å². The fraction of sp³-hybridized carbons (Fsp3) is 0.125. The minimum atomic E-state index is -2.13. The Morgan fingerprint density at radius 3 is 2.12 bits per heavy atom. The summed E-state index contributed by atoms with van der Waals surface area (Å²) in [6, 6.07) is 19.0. The van der Waals surface area contributed by atoms with Crippen molar-refractivity contribution >= 4 is 34.5 Å². The molecular weight excluding hydrogens is 479 g/mol. The third-order valence-electron chi connectivity index (χ3n) is 5.25. The van der Waals surface area contributed by atoms with E-state index in [1.54, 1.807) is 24.5 Å². The van der Waals surface area contributed by atoms with Gasteiger partial charge in [-0.1, -0.05) is 47.5 Å². The number of benzene rings is 1. The number of nitrogens with zero attached hydrogens (tertiary/aromatic N) is 3. The highest BCUT2D eigenvalue weighted by Gasteiger charge is 2.30. The van der Waals surface area contributed by atoms with Crippen molar-refractivity contribution in [3.8, 4) is 0 Å². The minimum absolute atomic E-state index is 0.148. The molecule has 0 aliphatic heterocycles. The van der Waals surface area contributed by atoms with Crippen LogP contribution in [0.3, 0.4) is 0 Å². The molecule has 0 fully saturated rings. The maximum Gasteiger partial charge on any atom is 0.232 e. The van der Waals surface area contributed by atoms with Crippen LogP contribution in [-0.4, -0.2) is 23.7 Å². The molecule has 3 aromatic heterocycles. The molecule has 33 heavy (non-hydrogen) atoms. The lowest BCUT2D eigenvalue weighted by Crippen LogP contribution is -2.19. The van der Waals surface area contributed by atoms with Crippen molar-refractivity contribution in [2.45, 2.75) is 18.4 Å². The molecule has 2 N–H and O–H groups in total. The van der Waals surface area contributed by atoms with Crippen LogP contribution in [0.4, 0.5) is 0 Å². The van der Waals surface area contributed by atoms with Gasteiger partial charge in [0.05, 0.1) is 22.3 Å². The first kappa shape index (κ1) is 23.5. The van der Waals surface area contributed by atoms with Gasteiger partial charge in [-0.15, -0.1) is 0 Å². The molecular formula is C24H20Cl2N4O2S. The molecule has 0 saturated heterocycles. The quantitative estimate of drug-likeness (QED) is 0.319. The molecule has 0 saturated carbocycles. The summed E-state index contributed by atoms with van der Waals surface area (Å²) in [7, 11) is 0. The van der Waals surface area contributed by atoms with Crippen LogP contribution < -0.4 is 4.72 Å². The molecule has 0 radical (unpaired) electrons. The molecule has 2 unspecified atom stereocenters. The van der Waals surface area contributed by atoms with Gasteiger partial charge in [0.2, 0.25) is 11.3 Å². The molecule has 168 valence electrons. The van der Waals surface area contributed by atoms with Gasteiger partial charge < -0.3 is 0 Å². The highest BCUT2D eigenvalue weighted by Crippen LogP contribution is 2.43. The van der Waals surface area contributed by atoms with Crippen LogP contribution in [0.1, 0.15) is 39.9 Å². The van der Waals surface area contributed by atoms with E-state index in [9.17, 15) is 4.21 Å². The SMILES string of the molecule is O=S(O)NCc1cccc(C(c2ccc(Cl)c(Cl)c2)C(c2cccnc2)c2cccnc2)n1. The third-order valence-corrected chi connectivity index (χ3v) is 6.38. The molecule has 0 spiro atoms. The second kappa shape index (κ2) is 11.0. The zero-order valence-corrected chi connectivity index (χ0v) is 19.6. The Balaban J connectivity index is 1.90. The van der Waals surface area contributed by atoms with Crippen LogP contribution >= 0.6 is 23.2 Å². The predicted octanol–water partition coefficient (Wildman–Crippen LogP) is 5.37. The number of nitrogens with one attached hydrogen (secondary N) is 1. The van der Waals surface area contributed by atoms with Crippen LogP contribution in [0, 0.1) is 0 Å². The zero-order chi connectivity index (χ0) is 23.2. The van der Waals surface area contributed by atoms with E-state index < -0.39 is 11.3 Å². The monoisotopic (exact) mass is 498 g/mol. The number of hydrogen-bond acceptors (Lipinski definition) is 4. The Labute approximate surface area is 204 Å². The third kappa shape index (κ3) is 5.82. The number of aromatic nitrogens is 3. The molecule has 2 atom stereocenters. The summed E-state index contributed by atoms with van der Waals surface area (Å²) in [5.41, 5.74) is 4.31. The van der Waals surface area contributed by atoms with Crippen molar-refractivity contribution in [3.05, 3.63) is 124 Å². The van der Waals surface area contributed by atoms with E-state index in [1.807, 2.05) is 60.9 Å². The number of halogens is 2. The Morgan fingerprint density at radius 1 is 0.848 bits per heavy atom. The Morgan fingerprint density at radius 2 is 1.55 bits per heavy atom. The molecule has 6 nitrogen and oxygen atoms in total. The maximum atomic E-state index is 11.1. The molecule has 9 heteroatoms. The zero-order valence-electron chi connectivity index (χ0n) is 17.3. The molecule has 0 aliphatic carbocycles. The summed E-state index contributed by atoms with van der Waals surface area (Å²) in [6.07, 6.45) is 7.14. The molecule has 4 rings (SSSR count). The van der Waals surface area contributed by atoms with Gasteiger partial charge in [0.1, 0.15) is 0 Å². The first-order valence-corrected chi connectivity index (χ1v) is 11.9. The first-order chi connectivity index (χ1) is 16.0. The first-order valence-electron chi connectivity index (χ1n) is 10.1. The average molecular weight is 499 g/mol. The molecule has 1 aromatic carbocycles. The van der Waals surface area contributed by atoms with Gasteiger partial charge in [-0.05, 0) is 53.1 Å². The van der Waals surface area contributed by atoms with E-state index in [0.29, 0.717) is 15.7 Å². The van der Waals surface area contributed by atoms with Crippen molar-refractivity contribution < 1.29 is 8.76 Å². The van der Waals surface area contributed by atoms with Crippen molar-refractivity contribution in [1.82, 2.24) is 19.7 Å². The topological polar surface area (TPSA) is 88.0 Å². The standard InChI is InChI=1S/C24H20Cl2N4O2S/c25-20-9-8-16(12-21(20)26)24(22-7-1-6-19(30-22)15-29-33(31)32)23(17-4-2-10-27-13-17)18-5-3-11-28-14-18/h1-14,23-24,29H,15H2,(H,31,32). The second-order valence-corrected chi connectivity index (χ2v) is 8.93. The maximum absolute atomic E-state index is 11.1. The summed E-state index contributed by atoms with van der Waals surface area (Å²) in [6.45, 7) is 0.148. The van der Waals surface area contributed by atoms with E-state index >= 15 is 0 Å². The van der Waals surface area contributed by atoms with E-state index in [2.05, 4.69) is 14.7 Å². The van der Waals surface area contributed by atoms with E-state index in [1.165, 1.54) is 0 Å². The van der Waals surface area contributed by atoms with Gasteiger partial charge in [-0.25, -0.2) is 8.93 Å². The number of pyridine rings is 3. The normalized spacial score (nSPS) is 13.1.